The predicted octanol–water partition coefficient (Wildman–Crippen LogP) is 4.66. The van der Waals surface area contributed by atoms with Gasteiger partial charge in [0.15, 0.2) is 23.7 Å². The zero-order valence-corrected chi connectivity index (χ0v) is 15.6. The van der Waals surface area contributed by atoms with Crippen LogP contribution in [0.3, 0.4) is 0 Å². The second-order valence-electron chi connectivity index (χ2n) is 5.93. The van der Waals surface area contributed by atoms with Crippen molar-refractivity contribution < 1.29 is 45.3 Å². The highest BCUT2D eigenvalue weighted by molar-refractivity contribution is 5.90. The number of carbonyl (C=O) groups excluding carboxylic acids is 1. The van der Waals surface area contributed by atoms with Gasteiger partial charge in [0.1, 0.15) is 11.4 Å². The first-order valence-electron chi connectivity index (χ1n) is 8.58. The minimum atomic E-state index is -4.97. The minimum absolute atomic E-state index is 0.154. The summed E-state index contributed by atoms with van der Waals surface area (Å²) in [7, 11) is 0. The second-order valence-corrected chi connectivity index (χ2v) is 5.93. The number of rotatable bonds is 6. The third-order valence-corrected chi connectivity index (χ3v) is 3.67. The van der Waals surface area contributed by atoms with Crippen molar-refractivity contribution >= 4 is 11.6 Å². The molecule has 31 heavy (non-hydrogen) atoms. The highest BCUT2D eigenvalue weighted by Gasteiger charge is 2.41. The van der Waals surface area contributed by atoms with Crippen LogP contribution in [-0.2, 0) is 10.9 Å². The van der Waals surface area contributed by atoms with Crippen LogP contribution in [0.1, 0.15) is 23.1 Å². The first kappa shape index (κ1) is 22.2. The van der Waals surface area contributed by atoms with Crippen LogP contribution >= 0.6 is 0 Å². The Morgan fingerprint density at radius 2 is 1.87 bits per heavy atom. The molecule has 0 aliphatic heterocycles. The van der Waals surface area contributed by atoms with Crippen molar-refractivity contribution in [3.8, 4) is 17.4 Å². The van der Waals surface area contributed by atoms with Gasteiger partial charge in [-0.15, -0.1) is 0 Å². The molecule has 3 aromatic rings. The maximum absolute atomic E-state index is 13.6. The van der Waals surface area contributed by atoms with E-state index in [4.69, 9.17) is 4.74 Å². The number of ether oxygens (including phenoxy) is 3. The first-order chi connectivity index (χ1) is 14.5. The van der Waals surface area contributed by atoms with Crippen LogP contribution in [0.2, 0.25) is 0 Å². The lowest BCUT2D eigenvalue weighted by Crippen LogP contribution is -2.19. The number of hydrogen-bond acceptors (Lipinski definition) is 6. The Kier molecular flexibility index (Phi) is 5.95. The molecule has 0 radical (unpaired) electrons. The molecule has 0 aliphatic carbocycles. The highest BCUT2D eigenvalue weighted by atomic mass is 19.4. The fraction of sp³-hybridized carbons (Fsp3) is 0.278. The molecule has 166 valence electrons. The van der Waals surface area contributed by atoms with E-state index in [1.165, 1.54) is 25.3 Å². The SMILES string of the molecule is CCOC(=O)c1nc2ccc(Oc3ncccc3OCC(F)(F)F)cn2c1C(F)(F)F. The predicted molar refractivity (Wildman–Crippen MR) is 92.0 cm³/mol. The molecular weight excluding hydrogens is 436 g/mol. The summed E-state index contributed by atoms with van der Waals surface area (Å²) >= 11 is 0. The Labute approximate surface area is 170 Å². The van der Waals surface area contributed by atoms with E-state index in [1.54, 1.807) is 0 Å². The Morgan fingerprint density at radius 3 is 2.52 bits per heavy atom. The molecule has 0 spiro atoms. The largest absolute Gasteiger partial charge is 0.478 e. The topological polar surface area (TPSA) is 75.0 Å². The lowest BCUT2D eigenvalue weighted by Gasteiger charge is -2.13. The minimum Gasteiger partial charge on any atom is -0.478 e. The van der Waals surface area contributed by atoms with Crippen LogP contribution in [0.5, 0.6) is 17.4 Å². The van der Waals surface area contributed by atoms with Gasteiger partial charge in [0.2, 0.25) is 0 Å². The average Bonchev–Trinajstić information content (AvgIpc) is 3.06. The second kappa shape index (κ2) is 8.32. The number of hydrogen-bond donors (Lipinski definition) is 0. The van der Waals surface area contributed by atoms with Gasteiger partial charge in [-0.3, -0.25) is 4.40 Å². The molecule has 0 bridgehead atoms. The number of aromatic nitrogens is 3. The monoisotopic (exact) mass is 449 g/mol. The van der Waals surface area contributed by atoms with Crippen LogP contribution in [0.4, 0.5) is 26.3 Å². The molecule has 0 saturated heterocycles. The fourth-order valence-electron chi connectivity index (χ4n) is 2.53. The molecule has 3 rings (SSSR count). The summed E-state index contributed by atoms with van der Waals surface area (Å²) in [6, 6.07) is 4.79. The van der Waals surface area contributed by atoms with Gasteiger partial charge in [0.25, 0.3) is 5.88 Å². The number of nitrogens with zero attached hydrogens (tertiary/aromatic N) is 3. The van der Waals surface area contributed by atoms with Gasteiger partial charge in [-0.25, -0.2) is 14.8 Å². The van der Waals surface area contributed by atoms with E-state index in [-0.39, 0.29) is 23.8 Å². The lowest BCUT2D eigenvalue weighted by molar-refractivity contribution is -0.153. The van der Waals surface area contributed by atoms with E-state index in [2.05, 4.69) is 19.4 Å². The van der Waals surface area contributed by atoms with Gasteiger partial charge in [0.05, 0.1) is 12.8 Å². The van der Waals surface area contributed by atoms with E-state index in [1.807, 2.05) is 0 Å². The molecule has 0 amide bonds. The van der Waals surface area contributed by atoms with E-state index < -0.39 is 42.2 Å². The van der Waals surface area contributed by atoms with Gasteiger partial charge >= 0.3 is 18.3 Å². The van der Waals surface area contributed by atoms with Crippen LogP contribution in [0, 0.1) is 0 Å². The molecule has 3 heterocycles. The Morgan fingerprint density at radius 1 is 1.13 bits per heavy atom. The highest BCUT2D eigenvalue weighted by Crippen LogP contribution is 2.35. The van der Waals surface area contributed by atoms with Crippen molar-refractivity contribution in [2.24, 2.45) is 0 Å². The summed E-state index contributed by atoms with van der Waals surface area (Å²) < 4.78 is 93.2. The maximum atomic E-state index is 13.6. The Bertz CT molecular complexity index is 1090. The van der Waals surface area contributed by atoms with Gasteiger partial charge in [-0.2, -0.15) is 26.3 Å². The van der Waals surface area contributed by atoms with E-state index >= 15 is 0 Å². The quantitative estimate of drug-likeness (QED) is 0.403. The number of halogens is 6. The molecular formula is C18H13F6N3O4. The molecule has 13 heteroatoms. The van der Waals surface area contributed by atoms with Gasteiger partial charge in [-0.1, -0.05) is 0 Å². The van der Waals surface area contributed by atoms with Gasteiger partial charge in [-0.05, 0) is 31.2 Å². The molecule has 0 saturated carbocycles. The number of esters is 1. The van der Waals surface area contributed by atoms with Crippen LogP contribution in [-0.4, -0.2) is 39.7 Å². The van der Waals surface area contributed by atoms with Crippen molar-refractivity contribution in [3.63, 3.8) is 0 Å². The maximum Gasteiger partial charge on any atom is 0.434 e. The van der Waals surface area contributed by atoms with E-state index in [0.717, 1.165) is 18.3 Å². The van der Waals surface area contributed by atoms with Crippen molar-refractivity contribution in [1.82, 2.24) is 14.4 Å². The van der Waals surface area contributed by atoms with Crippen LogP contribution < -0.4 is 9.47 Å². The van der Waals surface area contributed by atoms with Crippen LogP contribution in [0.25, 0.3) is 5.65 Å². The summed E-state index contributed by atoms with van der Waals surface area (Å²) in [5.41, 5.74) is -2.54. The van der Waals surface area contributed by atoms with Crippen molar-refractivity contribution in [3.05, 3.63) is 48.0 Å². The Hall–Kier alpha value is -3.51. The third kappa shape index (κ3) is 5.16. The van der Waals surface area contributed by atoms with Crippen molar-refractivity contribution in [2.75, 3.05) is 13.2 Å². The first-order valence-corrected chi connectivity index (χ1v) is 8.58. The molecule has 3 aromatic heterocycles. The number of fused-ring (bicyclic) bond motifs is 1. The molecule has 0 aromatic carbocycles. The summed E-state index contributed by atoms with van der Waals surface area (Å²) in [6.07, 6.45) is -7.51. The fourth-order valence-corrected chi connectivity index (χ4v) is 2.53. The average molecular weight is 449 g/mol. The van der Waals surface area contributed by atoms with Crippen LogP contribution in [0.15, 0.2) is 36.7 Å². The van der Waals surface area contributed by atoms with Gasteiger partial charge < -0.3 is 14.2 Å². The summed E-state index contributed by atoms with van der Waals surface area (Å²) in [4.78, 5) is 19.3. The standard InChI is InChI=1S/C18H13F6N3O4/c1-2-29-16(28)13-14(18(22,23)24)27-8-10(5-6-12(27)26-13)31-15-11(4-3-7-25-15)30-9-17(19,20)21/h3-8H,2,9H2,1H3. The summed E-state index contributed by atoms with van der Waals surface area (Å²) in [5, 5.41) is 0. The normalized spacial score (nSPS) is 12.1. The number of pyridine rings is 2. The van der Waals surface area contributed by atoms with E-state index in [9.17, 15) is 31.1 Å². The molecule has 0 aliphatic rings. The third-order valence-electron chi connectivity index (χ3n) is 3.67. The lowest BCUT2D eigenvalue weighted by atomic mass is 10.3. The smallest absolute Gasteiger partial charge is 0.434 e. The van der Waals surface area contributed by atoms with E-state index in [0.29, 0.717) is 4.40 Å². The molecule has 0 fully saturated rings. The number of carbonyl (C=O) groups is 1. The van der Waals surface area contributed by atoms with Gasteiger partial charge in [0, 0.05) is 6.20 Å². The molecule has 0 atom stereocenters. The van der Waals surface area contributed by atoms with Crippen molar-refractivity contribution in [1.29, 1.82) is 0 Å². The molecule has 0 N–H and O–H groups in total. The number of imidazole rings is 1. The zero-order chi connectivity index (χ0) is 22.8. The van der Waals surface area contributed by atoms with Crippen molar-refractivity contribution in [2.45, 2.75) is 19.3 Å². The molecule has 7 nitrogen and oxygen atoms in total. The zero-order valence-electron chi connectivity index (χ0n) is 15.6. The molecule has 0 unspecified atom stereocenters. The Balaban J connectivity index is 2.00. The summed E-state index contributed by atoms with van der Waals surface area (Å²) in [5.74, 6) is -2.24. The summed E-state index contributed by atoms with van der Waals surface area (Å²) in [6.45, 7) is -0.340. The number of alkyl halides is 6.